The molecule has 22 heavy (non-hydrogen) atoms. The van der Waals surface area contributed by atoms with Crippen LogP contribution >= 0.6 is 0 Å². The molecule has 0 saturated carbocycles. The average molecular weight is 306 g/mol. The molecule has 1 aromatic rings. The summed E-state index contributed by atoms with van der Waals surface area (Å²) in [5.41, 5.74) is 5.52. The lowest BCUT2D eigenvalue weighted by molar-refractivity contribution is -0.138. The van der Waals surface area contributed by atoms with Gasteiger partial charge in [0.05, 0.1) is 0 Å². The summed E-state index contributed by atoms with van der Waals surface area (Å²) >= 11 is 0. The predicted molar refractivity (Wildman–Crippen MR) is 77.6 cm³/mol. The van der Waals surface area contributed by atoms with E-state index >= 15 is 0 Å². The lowest BCUT2D eigenvalue weighted by Crippen LogP contribution is -2.45. The average Bonchev–Trinajstić information content (AvgIpc) is 2.51. The van der Waals surface area contributed by atoms with Gasteiger partial charge in [-0.1, -0.05) is 0 Å². The number of rotatable bonds is 8. The number of aromatic nitrogens is 1. The molecule has 1 rings (SSSR count). The number of hydrogen-bond donors (Lipinski definition) is 3. The summed E-state index contributed by atoms with van der Waals surface area (Å²) in [4.78, 5) is 49.9. The molecule has 118 valence electrons. The Morgan fingerprint density at radius 1 is 1.23 bits per heavy atom. The number of pyridine rings is 1. The highest BCUT2D eigenvalue weighted by Gasteiger charge is 2.22. The molecule has 1 unspecified atom stereocenters. The minimum Gasteiger partial charge on any atom is -0.368 e. The third-order valence-electron chi connectivity index (χ3n) is 2.84. The third-order valence-corrected chi connectivity index (χ3v) is 2.84. The van der Waals surface area contributed by atoms with Gasteiger partial charge in [0.15, 0.2) is 0 Å². The standard InChI is InChI=1S/C14H18N4O4/c1-2-17-14(22)11(19)4-3-10(12(15)20)18-13(21)9-5-7-16-8-6-9/h5-8,10H,2-4H2,1H3,(H2,15,20)(H,17,22)(H,18,21). The van der Waals surface area contributed by atoms with E-state index in [0.717, 1.165) is 0 Å². The number of nitrogens with zero attached hydrogens (tertiary/aromatic N) is 1. The van der Waals surface area contributed by atoms with E-state index in [2.05, 4.69) is 15.6 Å². The Balaban J connectivity index is 2.60. The maximum Gasteiger partial charge on any atom is 0.287 e. The van der Waals surface area contributed by atoms with Gasteiger partial charge in [-0.2, -0.15) is 0 Å². The van der Waals surface area contributed by atoms with Crippen molar-refractivity contribution in [2.45, 2.75) is 25.8 Å². The maximum absolute atomic E-state index is 11.9. The number of likely N-dealkylation sites (N-methyl/N-ethyl adjacent to an activating group) is 1. The van der Waals surface area contributed by atoms with Gasteiger partial charge in [-0.05, 0) is 25.5 Å². The molecule has 8 heteroatoms. The number of nitrogens with two attached hydrogens (primary N) is 1. The van der Waals surface area contributed by atoms with Crippen LogP contribution in [-0.4, -0.2) is 41.1 Å². The summed E-state index contributed by atoms with van der Waals surface area (Å²) < 4.78 is 0. The lowest BCUT2D eigenvalue weighted by atomic mass is 10.1. The lowest BCUT2D eigenvalue weighted by Gasteiger charge is -2.15. The van der Waals surface area contributed by atoms with Crippen LogP contribution in [0, 0.1) is 0 Å². The zero-order valence-corrected chi connectivity index (χ0v) is 12.2. The van der Waals surface area contributed by atoms with Crippen molar-refractivity contribution in [1.82, 2.24) is 15.6 Å². The van der Waals surface area contributed by atoms with Crippen molar-refractivity contribution < 1.29 is 19.2 Å². The van der Waals surface area contributed by atoms with E-state index in [0.29, 0.717) is 12.1 Å². The van der Waals surface area contributed by atoms with Crippen molar-refractivity contribution in [1.29, 1.82) is 0 Å². The monoisotopic (exact) mass is 306 g/mol. The Labute approximate surface area is 127 Å². The molecule has 0 spiro atoms. The zero-order valence-electron chi connectivity index (χ0n) is 12.2. The second-order valence-electron chi connectivity index (χ2n) is 4.49. The van der Waals surface area contributed by atoms with Gasteiger partial charge in [0, 0.05) is 30.9 Å². The minimum absolute atomic E-state index is 0.0396. The first-order chi connectivity index (χ1) is 10.5. The largest absolute Gasteiger partial charge is 0.368 e. The Kier molecular flexibility index (Phi) is 6.68. The summed E-state index contributed by atoms with van der Waals surface area (Å²) in [6.07, 6.45) is 2.65. The molecule has 0 aliphatic rings. The van der Waals surface area contributed by atoms with Crippen LogP contribution in [0.4, 0.5) is 0 Å². The van der Waals surface area contributed by atoms with Crippen LogP contribution in [0.25, 0.3) is 0 Å². The molecule has 1 heterocycles. The molecule has 1 aromatic heterocycles. The second-order valence-corrected chi connectivity index (χ2v) is 4.49. The number of hydrogen-bond acceptors (Lipinski definition) is 5. The number of carbonyl (C=O) groups excluding carboxylic acids is 4. The number of primary amides is 1. The summed E-state index contributed by atoms with van der Waals surface area (Å²) in [5, 5.41) is 4.80. The molecule has 1 atom stereocenters. The van der Waals surface area contributed by atoms with Crippen LogP contribution in [0.15, 0.2) is 24.5 Å². The molecule has 0 aliphatic heterocycles. The Hall–Kier alpha value is -2.77. The van der Waals surface area contributed by atoms with Crippen LogP contribution in [0.2, 0.25) is 0 Å². The van der Waals surface area contributed by atoms with Crippen LogP contribution in [0.5, 0.6) is 0 Å². The quantitative estimate of drug-likeness (QED) is 0.538. The Morgan fingerprint density at radius 3 is 2.41 bits per heavy atom. The molecular formula is C14H18N4O4. The van der Waals surface area contributed by atoms with Crippen molar-refractivity contribution >= 4 is 23.5 Å². The van der Waals surface area contributed by atoms with Gasteiger partial charge in [0.25, 0.3) is 11.8 Å². The first kappa shape index (κ1) is 17.3. The molecule has 0 saturated heterocycles. The Bertz CT molecular complexity index is 559. The molecule has 4 N–H and O–H groups in total. The fourth-order valence-electron chi connectivity index (χ4n) is 1.68. The van der Waals surface area contributed by atoms with Gasteiger partial charge in [0.1, 0.15) is 6.04 Å². The van der Waals surface area contributed by atoms with E-state index in [1.807, 2.05) is 0 Å². The summed E-state index contributed by atoms with van der Waals surface area (Å²) in [5.74, 6) is -2.65. The van der Waals surface area contributed by atoms with Crippen LogP contribution in [0.3, 0.4) is 0 Å². The summed E-state index contributed by atoms with van der Waals surface area (Å²) in [6.45, 7) is 2.02. The van der Waals surface area contributed by atoms with E-state index in [4.69, 9.17) is 5.73 Å². The maximum atomic E-state index is 11.9. The van der Waals surface area contributed by atoms with Gasteiger partial charge in [-0.15, -0.1) is 0 Å². The molecular weight excluding hydrogens is 288 g/mol. The number of carbonyl (C=O) groups is 4. The van der Waals surface area contributed by atoms with Crippen molar-refractivity contribution in [3.05, 3.63) is 30.1 Å². The number of amides is 3. The van der Waals surface area contributed by atoms with Gasteiger partial charge >= 0.3 is 0 Å². The molecule has 0 aromatic carbocycles. The third kappa shape index (κ3) is 5.31. The highest BCUT2D eigenvalue weighted by atomic mass is 16.2. The minimum atomic E-state index is -1.03. The number of nitrogens with one attached hydrogen (secondary N) is 2. The fourth-order valence-corrected chi connectivity index (χ4v) is 1.68. The highest BCUT2D eigenvalue weighted by Crippen LogP contribution is 2.02. The van der Waals surface area contributed by atoms with Gasteiger partial charge in [-0.3, -0.25) is 24.2 Å². The van der Waals surface area contributed by atoms with Gasteiger partial charge in [-0.25, -0.2) is 0 Å². The molecule has 8 nitrogen and oxygen atoms in total. The molecule has 0 aliphatic carbocycles. The van der Waals surface area contributed by atoms with Crippen LogP contribution in [-0.2, 0) is 14.4 Å². The molecule has 0 radical (unpaired) electrons. The first-order valence-corrected chi connectivity index (χ1v) is 6.77. The second kappa shape index (κ2) is 8.50. The van der Waals surface area contributed by atoms with Crippen molar-refractivity contribution in [2.75, 3.05) is 6.54 Å². The number of ketones is 1. The SMILES string of the molecule is CCNC(=O)C(=O)CCC(NC(=O)c1ccncc1)C(N)=O. The normalized spacial score (nSPS) is 11.3. The summed E-state index contributed by atoms with van der Waals surface area (Å²) in [7, 11) is 0. The Morgan fingerprint density at radius 2 is 1.86 bits per heavy atom. The van der Waals surface area contributed by atoms with E-state index in [1.54, 1.807) is 6.92 Å². The molecule has 0 fully saturated rings. The molecule has 0 bridgehead atoms. The summed E-state index contributed by atoms with van der Waals surface area (Å²) in [6, 6.07) is 1.93. The van der Waals surface area contributed by atoms with Crippen LogP contribution in [0.1, 0.15) is 30.1 Å². The fraction of sp³-hybridized carbons (Fsp3) is 0.357. The van der Waals surface area contributed by atoms with E-state index in [-0.39, 0.29) is 12.8 Å². The van der Waals surface area contributed by atoms with E-state index < -0.39 is 29.5 Å². The smallest absolute Gasteiger partial charge is 0.287 e. The van der Waals surface area contributed by atoms with E-state index in [1.165, 1.54) is 24.5 Å². The van der Waals surface area contributed by atoms with E-state index in [9.17, 15) is 19.2 Å². The van der Waals surface area contributed by atoms with Crippen molar-refractivity contribution in [2.24, 2.45) is 5.73 Å². The first-order valence-electron chi connectivity index (χ1n) is 6.77. The van der Waals surface area contributed by atoms with Crippen LogP contribution < -0.4 is 16.4 Å². The predicted octanol–water partition coefficient (Wildman–Crippen LogP) is -0.849. The zero-order chi connectivity index (χ0) is 16.5. The van der Waals surface area contributed by atoms with Gasteiger partial charge < -0.3 is 16.4 Å². The topological polar surface area (TPSA) is 131 Å². The van der Waals surface area contributed by atoms with Gasteiger partial charge in [0.2, 0.25) is 11.7 Å². The van der Waals surface area contributed by atoms with Crippen molar-refractivity contribution in [3.8, 4) is 0 Å². The number of Topliss-reactive ketones (excluding diaryl/α,β-unsaturated/α-hetero) is 1. The molecule has 3 amide bonds. The van der Waals surface area contributed by atoms with Crippen molar-refractivity contribution in [3.63, 3.8) is 0 Å². The highest BCUT2D eigenvalue weighted by molar-refractivity contribution is 6.36.